The minimum absolute atomic E-state index is 0.484. The predicted octanol–water partition coefficient (Wildman–Crippen LogP) is 11.8. The molecular formula is C46H28N2S. The minimum Gasteiger partial charge on any atom is -0.309 e. The van der Waals surface area contributed by atoms with E-state index >= 15 is 0 Å². The van der Waals surface area contributed by atoms with Crippen molar-refractivity contribution in [2.75, 3.05) is 0 Å². The molecule has 1 spiro atoms. The number of hydrogen-bond donors (Lipinski definition) is 0. The fourth-order valence-electron chi connectivity index (χ4n) is 8.74. The maximum atomic E-state index is 4.72. The van der Waals surface area contributed by atoms with Crippen molar-refractivity contribution in [3.8, 4) is 27.9 Å². The number of fused-ring (bicyclic) bond motifs is 12. The molecule has 1 unspecified atom stereocenters. The molecule has 11 rings (SSSR count). The molecule has 0 N–H and O–H groups in total. The third-order valence-electron chi connectivity index (χ3n) is 10.7. The molecule has 0 saturated heterocycles. The molecule has 1 atom stereocenters. The molecule has 2 aliphatic rings. The smallest absolute Gasteiger partial charge is 0.0780 e. The van der Waals surface area contributed by atoms with E-state index < -0.39 is 5.41 Å². The van der Waals surface area contributed by atoms with E-state index in [9.17, 15) is 0 Å². The summed E-state index contributed by atoms with van der Waals surface area (Å²) in [5.74, 6) is 0. The summed E-state index contributed by atoms with van der Waals surface area (Å²) in [4.78, 5) is 7.34. The van der Waals surface area contributed by atoms with Gasteiger partial charge in [0.2, 0.25) is 0 Å². The molecule has 0 fully saturated rings. The fourth-order valence-corrected chi connectivity index (χ4v) is 10.1. The highest BCUT2D eigenvalue weighted by molar-refractivity contribution is 7.99. The predicted molar refractivity (Wildman–Crippen MR) is 203 cm³/mol. The number of benzene rings is 7. The Hall–Kier alpha value is -5.90. The summed E-state index contributed by atoms with van der Waals surface area (Å²) < 4.78 is 2.51. The lowest BCUT2D eigenvalue weighted by Gasteiger charge is -2.45. The molecule has 49 heavy (non-hydrogen) atoms. The van der Waals surface area contributed by atoms with Gasteiger partial charge in [-0.3, -0.25) is 4.98 Å². The molecule has 0 radical (unpaired) electrons. The van der Waals surface area contributed by atoms with Gasteiger partial charge in [-0.2, -0.15) is 0 Å². The van der Waals surface area contributed by atoms with E-state index in [0.29, 0.717) is 0 Å². The van der Waals surface area contributed by atoms with Crippen LogP contribution in [0, 0.1) is 0 Å². The van der Waals surface area contributed by atoms with Gasteiger partial charge in [0.1, 0.15) is 0 Å². The fraction of sp³-hybridized carbons (Fsp3) is 0.0217. The first-order valence-corrected chi connectivity index (χ1v) is 17.6. The normalized spacial score (nSPS) is 15.8. The number of para-hydroxylation sites is 4. The van der Waals surface area contributed by atoms with Crippen LogP contribution < -0.4 is 0 Å². The molecule has 228 valence electrons. The van der Waals surface area contributed by atoms with Gasteiger partial charge >= 0.3 is 0 Å². The summed E-state index contributed by atoms with van der Waals surface area (Å²) in [7, 11) is 0. The molecule has 0 saturated carbocycles. The summed E-state index contributed by atoms with van der Waals surface area (Å²) in [6.07, 6.45) is 1.88. The highest BCUT2D eigenvalue weighted by Gasteiger charge is 2.49. The van der Waals surface area contributed by atoms with Crippen LogP contribution in [0.15, 0.2) is 180 Å². The number of aromatic nitrogens is 2. The zero-order valence-electron chi connectivity index (χ0n) is 26.5. The zero-order valence-corrected chi connectivity index (χ0v) is 27.3. The standard InChI is InChI=1S/C46H28N2S/c1-4-21-40-34(13-1)35-16-9-19-38-44(35)48(40)41-22-5-2-17-36(41)46(38)37-18-3-6-23-42(37)49-45-33(15-8-20-39(45)46)30-26-24-29(25-27-30)32-14-7-11-31-12-10-28-47-43(31)32/h1-28H. The van der Waals surface area contributed by atoms with Crippen LogP contribution in [-0.4, -0.2) is 9.55 Å². The zero-order chi connectivity index (χ0) is 32.1. The van der Waals surface area contributed by atoms with Crippen molar-refractivity contribution in [3.63, 3.8) is 0 Å². The van der Waals surface area contributed by atoms with Crippen LogP contribution in [0.3, 0.4) is 0 Å². The summed E-state index contributed by atoms with van der Waals surface area (Å²) in [6, 6.07) is 60.5. The first kappa shape index (κ1) is 27.1. The van der Waals surface area contributed by atoms with Gasteiger partial charge in [0.05, 0.1) is 27.7 Å². The molecule has 3 heteroatoms. The third kappa shape index (κ3) is 3.55. The van der Waals surface area contributed by atoms with Crippen LogP contribution in [0.2, 0.25) is 0 Å². The van der Waals surface area contributed by atoms with Crippen molar-refractivity contribution in [1.82, 2.24) is 9.55 Å². The van der Waals surface area contributed by atoms with Gasteiger partial charge in [0, 0.05) is 37.7 Å². The van der Waals surface area contributed by atoms with Gasteiger partial charge in [-0.05, 0) is 63.2 Å². The molecule has 2 aromatic heterocycles. The maximum absolute atomic E-state index is 4.72. The average Bonchev–Trinajstić information content (AvgIpc) is 3.51. The lowest BCUT2D eigenvalue weighted by atomic mass is 9.62. The first-order valence-electron chi connectivity index (χ1n) is 16.8. The van der Waals surface area contributed by atoms with Crippen LogP contribution in [0.1, 0.15) is 22.3 Å². The monoisotopic (exact) mass is 640 g/mol. The number of nitrogens with zero attached hydrogens (tertiary/aromatic N) is 2. The van der Waals surface area contributed by atoms with E-state index in [1.165, 1.54) is 76.2 Å². The SMILES string of the molecule is c1ccc2c(c1)Sc1c(-c3ccc(-c4cccc5cccnc45)cc3)cccc1C21c2ccccc2-n2c3ccccc3c3cccc1c32. The Morgan fingerprint density at radius 3 is 2.06 bits per heavy atom. The molecule has 9 aromatic rings. The van der Waals surface area contributed by atoms with Crippen molar-refractivity contribution in [2.45, 2.75) is 15.2 Å². The van der Waals surface area contributed by atoms with Crippen LogP contribution >= 0.6 is 11.8 Å². The van der Waals surface area contributed by atoms with Crippen molar-refractivity contribution < 1.29 is 0 Å². The Labute approximate surface area is 288 Å². The molecule has 0 bridgehead atoms. The highest BCUT2D eigenvalue weighted by Crippen LogP contribution is 2.61. The highest BCUT2D eigenvalue weighted by atomic mass is 32.2. The second kappa shape index (κ2) is 10.1. The van der Waals surface area contributed by atoms with Gasteiger partial charge in [0.15, 0.2) is 0 Å². The molecule has 2 nitrogen and oxygen atoms in total. The second-order valence-electron chi connectivity index (χ2n) is 13.1. The van der Waals surface area contributed by atoms with Crippen LogP contribution in [-0.2, 0) is 5.41 Å². The summed E-state index contributed by atoms with van der Waals surface area (Å²) in [6.45, 7) is 0. The van der Waals surface area contributed by atoms with Gasteiger partial charge in [-0.1, -0.05) is 151 Å². The molecule has 7 aromatic carbocycles. The number of rotatable bonds is 2. The Balaban J connectivity index is 1.19. The quantitative estimate of drug-likeness (QED) is 0.187. The van der Waals surface area contributed by atoms with E-state index in [2.05, 4.69) is 162 Å². The molecule has 0 amide bonds. The second-order valence-corrected chi connectivity index (χ2v) is 14.1. The lowest BCUT2D eigenvalue weighted by Crippen LogP contribution is -2.37. The van der Waals surface area contributed by atoms with E-state index in [1.54, 1.807) is 0 Å². The summed E-state index contributed by atoms with van der Waals surface area (Å²) in [5, 5.41) is 3.75. The van der Waals surface area contributed by atoms with Crippen LogP contribution in [0.25, 0.3) is 60.6 Å². The van der Waals surface area contributed by atoms with Crippen LogP contribution in [0.5, 0.6) is 0 Å². The lowest BCUT2D eigenvalue weighted by molar-refractivity contribution is 0.690. The van der Waals surface area contributed by atoms with Gasteiger partial charge in [-0.25, -0.2) is 0 Å². The van der Waals surface area contributed by atoms with Crippen LogP contribution in [0.4, 0.5) is 0 Å². The van der Waals surface area contributed by atoms with Crippen molar-refractivity contribution >= 4 is 44.5 Å². The third-order valence-corrected chi connectivity index (χ3v) is 11.9. The molecule has 2 aliphatic heterocycles. The minimum atomic E-state index is -0.484. The number of pyridine rings is 1. The Morgan fingerprint density at radius 2 is 1.14 bits per heavy atom. The summed E-state index contributed by atoms with van der Waals surface area (Å²) >= 11 is 1.91. The average molecular weight is 641 g/mol. The van der Waals surface area contributed by atoms with Crippen molar-refractivity contribution in [2.24, 2.45) is 0 Å². The van der Waals surface area contributed by atoms with E-state index in [4.69, 9.17) is 4.98 Å². The summed E-state index contributed by atoms with van der Waals surface area (Å²) in [5.41, 5.74) is 14.5. The molecule has 4 heterocycles. The first-order chi connectivity index (χ1) is 24.3. The van der Waals surface area contributed by atoms with Gasteiger partial charge in [-0.15, -0.1) is 0 Å². The topological polar surface area (TPSA) is 17.8 Å². The molecular weight excluding hydrogens is 613 g/mol. The Bertz CT molecular complexity index is 2800. The largest absolute Gasteiger partial charge is 0.309 e. The number of hydrogen-bond acceptors (Lipinski definition) is 2. The van der Waals surface area contributed by atoms with Gasteiger partial charge in [0.25, 0.3) is 0 Å². The maximum Gasteiger partial charge on any atom is 0.0780 e. The molecule has 0 aliphatic carbocycles. The Kier molecular flexibility index (Phi) is 5.56. The van der Waals surface area contributed by atoms with E-state index in [1.807, 2.05) is 24.0 Å². The van der Waals surface area contributed by atoms with Crippen molar-refractivity contribution in [1.29, 1.82) is 0 Å². The van der Waals surface area contributed by atoms with Gasteiger partial charge < -0.3 is 4.57 Å². The van der Waals surface area contributed by atoms with Crippen molar-refractivity contribution in [3.05, 3.63) is 192 Å². The van der Waals surface area contributed by atoms with E-state index in [-0.39, 0.29) is 0 Å². The Morgan fingerprint density at radius 1 is 0.490 bits per heavy atom. The van der Waals surface area contributed by atoms with E-state index in [0.717, 1.165) is 16.5 Å².